The van der Waals surface area contributed by atoms with Crippen LogP contribution in [0.1, 0.15) is 29.7 Å². The molecule has 0 bridgehead atoms. The van der Waals surface area contributed by atoms with Gasteiger partial charge < -0.3 is 19.7 Å². The number of aromatic hydroxyl groups is 1. The first kappa shape index (κ1) is 22.8. The number of aliphatic hydroxyl groups is 1. The van der Waals surface area contributed by atoms with E-state index < -0.39 is 17.7 Å². The summed E-state index contributed by atoms with van der Waals surface area (Å²) in [7, 11) is 1.53. The number of carbonyl (C=O) groups excluding carboxylic acids is 2. The van der Waals surface area contributed by atoms with Crippen molar-refractivity contribution in [3.05, 3.63) is 87.9 Å². The van der Waals surface area contributed by atoms with Crippen LogP contribution in [0.5, 0.6) is 17.2 Å². The zero-order valence-corrected chi connectivity index (χ0v) is 19.7. The van der Waals surface area contributed by atoms with Crippen molar-refractivity contribution in [2.45, 2.75) is 25.5 Å². The van der Waals surface area contributed by atoms with Crippen LogP contribution in [-0.4, -0.2) is 35.1 Å². The summed E-state index contributed by atoms with van der Waals surface area (Å²) in [6.45, 7) is 1.95. The van der Waals surface area contributed by atoms with Crippen LogP contribution in [0.15, 0.2) is 66.2 Å². The van der Waals surface area contributed by atoms with Gasteiger partial charge in [0.15, 0.2) is 0 Å². The SMILES string of the molecule is COc1ccc(N2C(=O)C(=O)/C(=C(\O)c3ccc4c(c3)CC(C)O4)C2c2ccc(O)c(Cl)c2)cc1. The molecule has 0 radical (unpaired) electrons. The van der Waals surface area contributed by atoms with Gasteiger partial charge in [0.05, 0.1) is 23.7 Å². The molecule has 2 atom stereocenters. The van der Waals surface area contributed by atoms with Crippen LogP contribution in [0.2, 0.25) is 5.02 Å². The van der Waals surface area contributed by atoms with Gasteiger partial charge in [0.2, 0.25) is 0 Å². The average Bonchev–Trinajstić information content (AvgIpc) is 3.36. The number of fused-ring (bicyclic) bond motifs is 1. The Kier molecular flexibility index (Phi) is 5.65. The molecular formula is C27H22ClNO6. The largest absolute Gasteiger partial charge is 0.507 e. The van der Waals surface area contributed by atoms with Crippen molar-refractivity contribution in [2.24, 2.45) is 0 Å². The molecule has 1 amide bonds. The number of halogens is 1. The lowest BCUT2D eigenvalue weighted by atomic mass is 9.94. The number of nitrogens with zero attached hydrogens (tertiary/aromatic N) is 1. The molecule has 8 heteroatoms. The first-order valence-electron chi connectivity index (χ1n) is 11.0. The molecule has 1 fully saturated rings. The Labute approximate surface area is 206 Å². The fourth-order valence-electron chi connectivity index (χ4n) is 4.58. The molecule has 2 unspecified atom stereocenters. The van der Waals surface area contributed by atoms with E-state index in [-0.39, 0.29) is 28.2 Å². The molecule has 7 nitrogen and oxygen atoms in total. The molecule has 2 heterocycles. The van der Waals surface area contributed by atoms with Crippen LogP contribution in [-0.2, 0) is 16.0 Å². The van der Waals surface area contributed by atoms with Crippen molar-refractivity contribution >= 4 is 34.7 Å². The molecule has 35 heavy (non-hydrogen) atoms. The van der Waals surface area contributed by atoms with Crippen molar-refractivity contribution < 1.29 is 29.3 Å². The topological polar surface area (TPSA) is 96.3 Å². The minimum Gasteiger partial charge on any atom is -0.507 e. The van der Waals surface area contributed by atoms with Gasteiger partial charge in [-0.3, -0.25) is 14.5 Å². The molecule has 2 aliphatic heterocycles. The highest BCUT2D eigenvalue weighted by molar-refractivity contribution is 6.51. The summed E-state index contributed by atoms with van der Waals surface area (Å²) < 4.78 is 10.9. The summed E-state index contributed by atoms with van der Waals surface area (Å²) in [5.74, 6) is -0.721. The minimum atomic E-state index is -0.968. The molecule has 178 valence electrons. The third kappa shape index (κ3) is 3.88. The minimum absolute atomic E-state index is 0.0159. The Morgan fingerprint density at radius 2 is 1.83 bits per heavy atom. The van der Waals surface area contributed by atoms with Crippen LogP contribution >= 0.6 is 11.6 Å². The Morgan fingerprint density at radius 3 is 2.51 bits per heavy atom. The van der Waals surface area contributed by atoms with Crippen LogP contribution in [0, 0.1) is 0 Å². The zero-order valence-electron chi connectivity index (χ0n) is 19.0. The van der Waals surface area contributed by atoms with Crippen molar-refractivity contribution in [1.82, 2.24) is 0 Å². The highest BCUT2D eigenvalue weighted by Gasteiger charge is 2.47. The van der Waals surface area contributed by atoms with Gasteiger partial charge in [0, 0.05) is 17.7 Å². The van der Waals surface area contributed by atoms with E-state index in [2.05, 4.69) is 0 Å². The first-order valence-corrected chi connectivity index (χ1v) is 11.4. The molecule has 0 aromatic heterocycles. The quantitative estimate of drug-likeness (QED) is 0.303. The number of rotatable bonds is 4. The summed E-state index contributed by atoms with van der Waals surface area (Å²) in [5, 5.41) is 21.3. The fraction of sp³-hybridized carbons (Fsp3) is 0.185. The van der Waals surface area contributed by atoms with Gasteiger partial charge in [0.1, 0.15) is 29.1 Å². The van der Waals surface area contributed by atoms with Crippen LogP contribution in [0.25, 0.3) is 5.76 Å². The van der Waals surface area contributed by atoms with Crippen molar-refractivity contribution in [3.8, 4) is 17.2 Å². The van der Waals surface area contributed by atoms with E-state index in [0.717, 1.165) is 11.3 Å². The second-order valence-electron chi connectivity index (χ2n) is 8.53. The number of ether oxygens (including phenoxy) is 2. The van der Waals surface area contributed by atoms with Crippen molar-refractivity contribution in [2.75, 3.05) is 12.0 Å². The van der Waals surface area contributed by atoms with Gasteiger partial charge in [-0.15, -0.1) is 0 Å². The van der Waals surface area contributed by atoms with Crippen molar-refractivity contribution in [3.63, 3.8) is 0 Å². The second-order valence-corrected chi connectivity index (χ2v) is 8.94. The molecule has 5 rings (SSSR count). The lowest BCUT2D eigenvalue weighted by Crippen LogP contribution is -2.29. The summed E-state index contributed by atoms with van der Waals surface area (Å²) in [6, 6.07) is 15.3. The van der Waals surface area contributed by atoms with Gasteiger partial charge in [-0.2, -0.15) is 0 Å². The number of benzene rings is 3. The maximum Gasteiger partial charge on any atom is 0.300 e. The number of Topliss-reactive ketones (excluding diaryl/α,β-unsaturated/α-hetero) is 1. The lowest BCUT2D eigenvalue weighted by molar-refractivity contribution is -0.132. The summed E-state index contributed by atoms with van der Waals surface area (Å²) >= 11 is 6.17. The van der Waals surface area contributed by atoms with Gasteiger partial charge >= 0.3 is 0 Å². The van der Waals surface area contributed by atoms with Crippen LogP contribution in [0.3, 0.4) is 0 Å². The molecule has 2 N–H and O–H groups in total. The molecular weight excluding hydrogens is 470 g/mol. The number of phenolic OH excluding ortho intramolecular Hbond substituents is 1. The molecule has 0 saturated carbocycles. The fourth-order valence-corrected chi connectivity index (χ4v) is 4.76. The van der Waals surface area contributed by atoms with E-state index in [1.165, 1.54) is 24.1 Å². The number of carbonyl (C=O) groups is 2. The van der Waals surface area contributed by atoms with E-state index in [0.29, 0.717) is 29.0 Å². The maximum absolute atomic E-state index is 13.3. The standard InChI is InChI=1S/C27H22ClNO6/c1-14-11-17-12-16(4-10-22(17)35-14)25(31)23-24(15-3-9-21(30)20(28)13-15)29(27(33)26(23)32)18-5-7-19(34-2)8-6-18/h3-10,12-14,24,30-31H,11H2,1-2H3/b25-23-. The van der Waals surface area contributed by atoms with Crippen LogP contribution in [0.4, 0.5) is 5.69 Å². The molecule has 3 aromatic carbocycles. The number of amides is 1. The molecule has 2 aliphatic rings. The normalized spacial score (nSPS) is 20.6. The van der Waals surface area contributed by atoms with Gasteiger partial charge in [-0.05, 0) is 72.6 Å². The molecule has 0 aliphatic carbocycles. The lowest BCUT2D eigenvalue weighted by Gasteiger charge is -2.26. The summed E-state index contributed by atoms with van der Waals surface area (Å²) in [4.78, 5) is 27.9. The number of anilines is 1. The van der Waals surface area contributed by atoms with Gasteiger partial charge in [0.25, 0.3) is 11.7 Å². The van der Waals surface area contributed by atoms with Crippen molar-refractivity contribution in [1.29, 1.82) is 0 Å². The highest BCUT2D eigenvalue weighted by atomic mass is 35.5. The Morgan fingerprint density at radius 1 is 1.09 bits per heavy atom. The average molecular weight is 492 g/mol. The predicted molar refractivity (Wildman–Crippen MR) is 131 cm³/mol. The third-order valence-corrected chi connectivity index (χ3v) is 6.55. The molecule has 3 aromatic rings. The maximum atomic E-state index is 13.3. The number of phenols is 1. The number of hydrogen-bond donors (Lipinski definition) is 2. The predicted octanol–water partition coefficient (Wildman–Crippen LogP) is 5.00. The van der Waals surface area contributed by atoms with E-state index in [9.17, 15) is 19.8 Å². The van der Waals surface area contributed by atoms with Gasteiger partial charge in [-0.1, -0.05) is 17.7 Å². The Hall–Kier alpha value is -3.97. The second kappa shape index (κ2) is 8.67. The summed E-state index contributed by atoms with van der Waals surface area (Å²) in [5.41, 5.74) is 2.15. The van der Waals surface area contributed by atoms with Gasteiger partial charge in [-0.25, -0.2) is 0 Å². The monoisotopic (exact) mass is 491 g/mol. The summed E-state index contributed by atoms with van der Waals surface area (Å²) in [6.07, 6.45) is 0.690. The third-order valence-electron chi connectivity index (χ3n) is 6.25. The van der Waals surface area contributed by atoms with E-state index in [4.69, 9.17) is 21.1 Å². The number of ketones is 1. The number of hydrogen-bond acceptors (Lipinski definition) is 6. The Bertz CT molecular complexity index is 1380. The number of aliphatic hydroxyl groups excluding tert-OH is 1. The highest BCUT2D eigenvalue weighted by Crippen LogP contribution is 2.44. The molecule has 0 spiro atoms. The number of methoxy groups -OCH3 is 1. The Balaban J connectivity index is 1.69. The van der Waals surface area contributed by atoms with E-state index in [1.807, 2.05) is 6.92 Å². The molecule has 1 saturated heterocycles. The van der Waals surface area contributed by atoms with E-state index >= 15 is 0 Å². The zero-order chi connectivity index (χ0) is 24.9. The first-order chi connectivity index (χ1) is 16.8. The van der Waals surface area contributed by atoms with Crippen LogP contribution < -0.4 is 14.4 Å². The van der Waals surface area contributed by atoms with E-state index in [1.54, 1.807) is 48.5 Å². The smallest absolute Gasteiger partial charge is 0.300 e.